The van der Waals surface area contributed by atoms with Gasteiger partial charge in [0.2, 0.25) is 35.4 Å². The average Bonchev–Trinajstić information content (AvgIpc) is 3.29. The van der Waals surface area contributed by atoms with Crippen LogP contribution in [0.4, 0.5) is 0 Å². The first-order chi connectivity index (χ1) is 32.8. The van der Waals surface area contributed by atoms with Crippen molar-refractivity contribution in [2.75, 3.05) is 13.7 Å². The third kappa shape index (κ3) is 20.2. The van der Waals surface area contributed by atoms with Crippen LogP contribution < -0.4 is 48.7 Å². The number of carboxylic acid groups (broad SMARTS) is 2. The van der Waals surface area contributed by atoms with Crippen LogP contribution in [0.2, 0.25) is 0 Å². The highest BCUT2D eigenvalue weighted by molar-refractivity contribution is 6.00. The first-order valence-corrected chi connectivity index (χ1v) is 23.1. The normalized spacial score (nSPS) is 25.4. The maximum atomic E-state index is 14.3. The number of aliphatic imine (C=N–C) groups is 1. The van der Waals surface area contributed by atoms with Gasteiger partial charge in [-0.3, -0.25) is 38.6 Å². The fraction of sp³-hybridized carbons (Fsp3) is 0.542. The van der Waals surface area contributed by atoms with E-state index >= 15 is 0 Å². The molecule has 2 rings (SSSR count). The average molecular weight is 981 g/mol. The number of rotatable bonds is 15. The number of guanidine groups is 1. The molecular weight excluding hydrogens is 909 g/mol. The maximum Gasteiger partial charge on any atom is 0.327 e. The third-order valence-electron chi connectivity index (χ3n) is 11.5. The van der Waals surface area contributed by atoms with E-state index in [4.69, 9.17) is 16.2 Å². The molecule has 0 bridgehead atoms. The predicted molar refractivity (Wildman–Crippen MR) is 260 cm³/mol. The number of nitrogens with zero attached hydrogens (tertiary/aromatic N) is 1. The molecule has 70 heavy (non-hydrogen) atoms. The third-order valence-corrected chi connectivity index (χ3v) is 11.5. The fourth-order valence-electron chi connectivity index (χ4n) is 7.28. The summed E-state index contributed by atoms with van der Waals surface area (Å²) in [5, 5.41) is 37.5. The minimum atomic E-state index is -1.88. The minimum absolute atomic E-state index is 0.00493. The molecule has 7 amide bonds. The lowest BCUT2D eigenvalue weighted by atomic mass is 9.94. The molecule has 1 fully saturated rings. The summed E-state index contributed by atoms with van der Waals surface area (Å²) in [5.41, 5.74) is 12.3. The smallest absolute Gasteiger partial charge is 0.327 e. The Labute approximate surface area is 408 Å². The van der Waals surface area contributed by atoms with Crippen LogP contribution in [0.1, 0.15) is 86.1 Å². The molecular formula is C48H72N10O12. The van der Waals surface area contributed by atoms with Crippen LogP contribution >= 0.6 is 0 Å². The number of carboxylic acids is 2. The number of amides is 7. The second kappa shape index (κ2) is 29.0. The fourth-order valence-corrected chi connectivity index (χ4v) is 7.28. The number of ether oxygens (including phenoxy) is 1. The summed E-state index contributed by atoms with van der Waals surface area (Å²) in [6.07, 6.45) is 4.59. The van der Waals surface area contributed by atoms with Crippen molar-refractivity contribution in [1.29, 1.82) is 0 Å². The zero-order chi connectivity index (χ0) is 52.8. The molecule has 13 N–H and O–H groups in total. The van der Waals surface area contributed by atoms with Crippen LogP contribution in [0.25, 0.3) is 0 Å². The van der Waals surface area contributed by atoms with Crippen LogP contribution in [0, 0.1) is 23.7 Å². The molecule has 1 aliphatic heterocycles. The Morgan fingerprint density at radius 1 is 0.829 bits per heavy atom. The van der Waals surface area contributed by atoms with Crippen molar-refractivity contribution in [3.05, 3.63) is 72.0 Å². The van der Waals surface area contributed by atoms with E-state index in [1.807, 2.05) is 43.3 Å². The lowest BCUT2D eigenvalue weighted by Gasteiger charge is -2.28. The molecule has 0 saturated carbocycles. The molecule has 1 aromatic carbocycles. The van der Waals surface area contributed by atoms with Gasteiger partial charge in [0.25, 0.3) is 5.91 Å². The summed E-state index contributed by atoms with van der Waals surface area (Å²) in [6.45, 7) is 14.7. The van der Waals surface area contributed by atoms with Crippen LogP contribution in [0.15, 0.2) is 71.4 Å². The molecule has 0 aromatic heterocycles. The van der Waals surface area contributed by atoms with E-state index in [0.717, 1.165) is 5.56 Å². The van der Waals surface area contributed by atoms with Crippen LogP contribution in [0.5, 0.6) is 0 Å². The lowest BCUT2D eigenvalue weighted by molar-refractivity contribution is -0.146. The molecule has 1 heterocycles. The van der Waals surface area contributed by atoms with E-state index in [1.165, 1.54) is 26.8 Å². The molecule has 0 unspecified atom stereocenters. The van der Waals surface area contributed by atoms with E-state index in [0.29, 0.717) is 12.0 Å². The van der Waals surface area contributed by atoms with Gasteiger partial charge in [0.15, 0.2) is 5.96 Å². The van der Waals surface area contributed by atoms with Crippen molar-refractivity contribution in [3.63, 3.8) is 0 Å². The molecule has 0 spiro atoms. The van der Waals surface area contributed by atoms with Crippen molar-refractivity contribution in [3.8, 4) is 0 Å². The Bertz CT molecular complexity index is 2120. The molecule has 0 radical (unpaired) electrons. The first kappa shape index (κ1) is 59.0. The molecule has 1 aliphatic rings. The Balaban J connectivity index is 2.70. The topological polar surface area (TPSA) is 352 Å². The summed E-state index contributed by atoms with van der Waals surface area (Å²) in [4.78, 5) is 124. The van der Waals surface area contributed by atoms with Crippen LogP contribution in [-0.2, 0) is 54.3 Å². The Morgan fingerprint density at radius 3 is 2.03 bits per heavy atom. The van der Waals surface area contributed by atoms with Crippen LogP contribution in [-0.4, -0.2) is 125 Å². The standard InChI is InChI=1S/C48H72N10O12/c1-25(2)22-36-45(65)58-39(47(68)69)29(6)41(61)55-34(16-13-21-51-48(49)50)44(64)54-33(18-17-26(3)23-27(4)37(70-9)24-32-14-11-10-12-15-32)28(5)40(60)56-35(46(66)67)19-20-38(59)52-30(7)42(62)53-31(8)43(63)57-36/h10-12,14-15,17-18,23,25,27-29,31,33-37,39H,7,13,16,19-22,24H2,1-6,8-9H3,(H,52,59)(H,53,62)(H,54,64)(H,55,61)(H,56,60)(H,57,63)(H,58,65)(H,66,67)(H,68,69)(H4,49,50,51)/t27-,28-,29-,31+,33-,34-,35+,36-,37-,39+/m0/s1. The molecule has 1 saturated heterocycles. The highest BCUT2D eigenvalue weighted by atomic mass is 16.5. The monoisotopic (exact) mass is 981 g/mol. The van der Waals surface area contributed by atoms with Crippen molar-refractivity contribution in [2.24, 2.45) is 40.1 Å². The maximum absolute atomic E-state index is 14.3. The second-order valence-corrected chi connectivity index (χ2v) is 17.9. The Kier molecular flexibility index (Phi) is 24.5. The number of nitrogens with one attached hydrogen (secondary N) is 7. The number of benzene rings is 1. The van der Waals surface area contributed by atoms with Crippen molar-refractivity contribution >= 4 is 59.2 Å². The van der Waals surface area contributed by atoms with Gasteiger partial charge in [0, 0.05) is 26.0 Å². The van der Waals surface area contributed by atoms with E-state index in [1.54, 1.807) is 34.0 Å². The Morgan fingerprint density at radius 2 is 1.44 bits per heavy atom. The SMILES string of the molecule is C=C1NC(=O)CC[C@H](C(=O)O)NC(=O)[C@@H](C)[C@H](C=CC(C)=C[C@H](C)[C@H](Cc2ccccc2)OC)NC(=O)[C@H](CCCN=C(N)N)NC(=O)[C@@H](C)[C@H](C(=O)O)NC(=O)[C@H](CC(C)C)NC(=O)[C@@H](C)NC1=O. The van der Waals surface area contributed by atoms with Gasteiger partial charge >= 0.3 is 11.9 Å². The minimum Gasteiger partial charge on any atom is -0.480 e. The highest BCUT2D eigenvalue weighted by Gasteiger charge is 2.37. The van der Waals surface area contributed by atoms with Crippen molar-refractivity contribution in [1.82, 2.24) is 37.2 Å². The first-order valence-electron chi connectivity index (χ1n) is 23.1. The predicted octanol–water partition coefficient (Wildman–Crippen LogP) is 0.276. The number of carbonyl (C=O) groups excluding carboxylic acids is 7. The van der Waals surface area contributed by atoms with E-state index in [-0.39, 0.29) is 49.7 Å². The number of methoxy groups -OCH3 is 1. The zero-order valence-electron chi connectivity index (χ0n) is 41.2. The van der Waals surface area contributed by atoms with Crippen molar-refractivity contribution < 1.29 is 58.1 Å². The summed E-state index contributed by atoms with van der Waals surface area (Å²) < 4.78 is 5.81. The van der Waals surface area contributed by atoms with Gasteiger partial charge in [0.1, 0.15) is 30.2 Å². The van der Waals surface area contributed by atoms with E-state index in [9.17, 15) is 53.4 Å². The quantitative estimate of drug-likeness (QED) is 0.0370. The molecule has 22 heteroatoms. The van der Waals surface area contributed by atoms with Gasteiger partial charge in [-0.25, -0.2) is 9.59 Å². The molecule has 386 valence electrons. The summed E-state index contributed by atoms with van der Waals surface area (Å²) >= 11 is 0. The van der Waals surface area contributed by atoms with Gasteiger partial charge in [-0.1, -0.05) is 95.3 Å². The number of hydrogen-bond acceptors (Lipinski definition) is 11. The highest BCUT2D eigenvalue weighted by Crippen LogP contribution is 2.19. The summed E-state index contributed by atoms with van der Waals surface area (Å²) in [7, 11) is 1.61. The van der Waals surface area contributed by atoms with Crippen molar-refractivity contribution in [2.45, 2.75) is 129 Å². The van der Waals surface area contributed by atoms with Crippen LogP contribution in [0.3, 0.4) is 0 Å². The number of nitrogens with two attached hydrogens (primary N) is 2. The molecule has 0 aliphatic carbocycles. The second-order valence-electron chi connectivity index (χ2n) is 17.9. The van der Waals surface area contributed by atoms with E-state index in [2.05, 4.69) is 48.8 Å². The van der Waals surface area contributed by atoms with Gasteiger partial charge < -0.3 is 63.6 Å². The molecule has 1 aromatic rings. The number of allylic oxidation sites excluding steroid dienone is 2. The molecule has 10 atom stereocenters. The van der Waals surface area contributed by atoms with E-state index < -0.39 is 120 Å². The molecule has 22 nitrogen and oxygen atoms in total. The van der Waals surface area contributed by atoms with Gasteiger partial charge in [-0.2, -0.15) is 0 Å². The number of carbonyl (C=O) groups is 9. The van der Waals surface area contributed by atoms with Gasteiger partial charge in [-0.05, 0) is 57.4 Å². The summed E-state index contributed by atoms with van der Waals surface area (Å²) in [5.74, 6) is -12.7. The zero-order valence-corrected chi connectivity index (χ0v) is 41.2. The Hall–Kier alpha value is -7.10. The lowest BCUT2D eigenvalue weighted by Crippen LogP contribution is -2.59. The van der Waals surface area contributed by atoms with Gasteiger partial charge in [-0.15, -0.1) is 0 Å². The summed E-state index contributed by atoms with van der Waals surface area (Å²) in [6, 6.07) is 0.990. The number of aliphatic carboxylic acids is 2. The van der Waals surface area contributed by atoms with Gasteiger partial charge in [0.05, 0.1) is 29.7 Å². The number of hydrogen-bond donors (Lipinski definition) is 11. The largest absolute Gasteiger partial charge is 0.480 e.